The number of halogens is 1. The van der Waals surface area contributed by atoms with Gasteiger partial charge < -0.3 is 5.32 Å². The summed E-state index contributed by atoms with van der Waals surface area (Å²) in [7, 11) is 1.82. The van der Waals surface area contributed by atoms with Crippen LogP contribution in [0.5, 0.6) is 0 Å². The highest BCUT2D eigenvalue weighted by molar-refractivity contribution is 6.99. The lowest BCUT2D eigenvalue weighted by Gasteiger charge is -2.14. The predicted molar refractivity (Wildman–Crippen MR) is 61.9 cm³/mol. The summed E-state index contributed by atoms with van der Waals surface area (Å²) in [5.41, 5.74) is 2.32. The number of benzene rings is 1. The van der Waals surface area contributed by atoms with E-state index in [1.165, 1.54) is 6.07 Å². The van der Waals surface area contributed by atoms with E-state index in [2.05, 4.69) is 14.1 Å². The maximum Gasteiger partial charge on any atom is 0.126 e. The molecule has 1 heterocycles. The highest BCUT2D eigenvalue weighted by atomic mass is 32.1. The van der Waals surface area contributed by atoms with Gasteiger partial charge >= 0.3 is 0 Å². The van der Waals surface area contributed by atoms with Crippen LogP contribution in [0.25, 0.3) is 0 Å². The first-order valence-electron chi connectivity index (χ1n) is 4.93. The molecule has 0 radical (unpaired) electrons. The third kappa shape index (κ3) is 2.10. The Morgan fingerprint density at radius 1 is 1.44 bits per heavy atom. The van der Waals surface area contributed by atoms with Crippen molar-refractivity contribution in [3.63, 3.8) is 0 Å². The Morgan fingerprint density at radius 2 is 2.25 bits per heavy atom. The van der Waals surface area contributed by atoms with Crippen molar-refractivity contribution in [1.29, 1.82) is 0 Å². The molecular weight excluding hydrogens is 225 g/mol. The second-order valence-corrected chi connectivity index (χ2v) is 4.12. The van der Waals surface area contributed by atoms with E-state index in [1.807, 2.05) is 13.1 Å². The van der Waals surface area contributed by atoms with Gasteiger partial charge in [-0.15, -0.1) is 0 Å². The molecule has 3 nitrogen and oxygen atoms in total. The first-order chi connectivity index (χ1) is 7.72. The molecule has 84 valence electrons. The molecule has 0 saturated carbocycles. The van der Waals surface area contributed by atoms with Crippen molar-refractivity contribution in [2.24, 2.45) is 0 Å². The largest absolute Gasteiger partial charge is 0.308 e. The van der Waals surface area contributed by atoms with Gasteiger partial charge in [-0.25, -0.2) is 4.39 Å². The van der Waals surface area contributed by atoms with Crippen molar-refractivity contribution in [2.45, 2.75) is 13.0 Å². The number of nitrogens with one attached hydrogen (secondary N) is 1. The van der Waals surface area contributed by atoms with Gasteiger partial charge in [-0.2, -0.15) is 8.75 Å². The third-order valence-electron chi connectivity index (χ3n) is 2.49. The molecule has 0 saturated heterocycles. The van der Waals surface area contributed by atoms with E-state index in [0.717, 1.165) is 23.0 Å². The summed E-state index contributed by atoms with van der Waals surface area (Å²) in [6.45, 7) is 1.75. The van der Waals surface area contributed by atoms with E-state index in [9.17, 15) is 4.39 Å². The van der Waals surface area contributed by atoms with Gasteiger partial charge in [-0.3, -0.25) is 0 Å². The number of rotatable bonds is 3. The molecule has 16 heavy (non-hydrogen) atoms. The molecule has 0 bridgehead atoms. The molecule has 1 aromatic carbocycles. The van der Waals surface area contributed by atoms with Gasteiger partial charge in [-0.05, 0) is 31.2 Å². The zero-order valence-corrected chi connectivity index (χ0v) is 9.88. The standard InChI is InChI=1S/C11H12FN3S/c1-7-3-4-8(5-9(7)12)11(13-2)10-6-14-16-15-10/h3-6,11,13H,1-2H3. The minimum atomic E-state index is -0.194. The molecule has 2 aromatic rings. The molecule has 0 amide bonds. The third-order valence-corrected chi connectivity index (χ3v) is 2.98. The van der Waals surface area contributed by atoms with E-state index in [-0.39, 0.29) is 11.9 Å². The van der Waals surface area contributed by atoms with Crippen molar-refractivity contribution in [2.75, 3.05) is 7.05 Å². The summed E-state index contributed by atoms with van der Waals surface area (Å²) >= 11 is 1.15. The first kappa shape index (κ1) is 11.2. The fourth-order valence-electron chi connectivity index (χ4n) is 1.57. The Labute approximate surface area is 97.7 Å². The van der Waals surface area contributed by atoms with E-state index in [4.69, 9.17) is 0 Å². The fraction of sp³-hybridized carbons (Fsp3) is 0.273. The summed E-state index contributed by atoms with van der Waals surface area (Å²) in [6.07, 6.45) is 1.70. The van der Waals surface area contributed by atoms with Crippen molar-refractivity contribution < 1.29 is 4.39 Å². The number of hydrogen-bond donors (Lipinski definition) is 1. The molecular formula is C11H12FN3S. The lowest BCUT2D eigenvalue weighted by Crippen LogP contribution is -2.18. The van der Waals surface area contributed by atoms with Crippen molar-refractivity contribution in [1.82, 2.24) is 14.1 Å². The van der Waals surface area contributed by atoms with Crippen LogP contribution in [0.3, 0.4) is 0 Å². The van der Waals surface area contributed by atoms with Crippen LogP contribution in [-0.4, -0.2) is 15.8 Å². The van der Waals surface area contributed by atoms with Gasteiger partial charge in [0, 0.05) is 0 Å². The first-order valence-corrected chi connectivity index (χ1v) is 5.66. The van der Waals surface area contributed by atoms with Crippen molar-refractivity contribution in [3.05, 3.63) is 47.0 Å². The van der Waals surface area contributed by atoms with Crippen LogP contribution in [0.1, 0.15) is 22.9 Å². The molecule has 1 aromatic heterocycles. The molecule has 1 N–H and O–H groups in total. The Kier molecular flexibility index (Phi) is 3.26. The second-order valence-electron chi connectivity index (χ2n) is 3.56. The highest BCUT2D eigenvalue weighted by Crippen LogP contribution is 2.22. The summed E-state index contributed by atoms with van der Waals surface area (Å²) in [6, 6.07) is 5.11. The molecule has 1 atom stereocenters. The zero-order valence-electron chi connectivity index (χ0n) is 9.07. The fourth-order valence-corrected chi connectivity index (χ4v) is 2.02. The Hall–Kier alpha value is -1.33. The van der Waals surface area contributed by atoms with Gasteiger partial charge in [0.1, 0.15) is 5.82 Å². The average Bonchev–Trinajstić information content (AvgIpc) is 2.78. The van der Waals surface area contributed by atoms with Crippen LogP contribution in [-0.2, 0) is 0 Å². The van der Waals surface area contributed by atoms with E-state index in [1.54, 1.807) is 19.2 Å². The lowest BCUT2D eigenvalue weighted by atomic mass is 10.0. The number of nitrogens with zero attached hydrogens (tertiary/aromatic N) is 2. The Morgan fingerprint density at radius 3 is 2.81 bits per heavy atom. The topological polar surface area (TPSA) is 37.8 Å². The van der Waals surface area contributed by atoms with Crippen LogP contribution in [0, 0.1) is 12.7 Å². The normalized spacial score (nSPS) is 12.7. The van der Waals surface area contributed by atoms with Crippen LogP contribution in [0.2, 0.25) is 0 Å². The maximum atomic E-state index is 13.5. The van der Waals surface area contributed by atoms with Gasteiger partial charge in [-0.1, -0.05) is 12.1 Å². The molecule has 0 aliphatic heterocycles. The predicted octanol–water partition coefficient (Wildman–Crippen LogP) is 2.29. The summed E-state index contributed by atoms with van der Waals surface area (Å²) < 4.78 is 21.6. The number of hydrogen-bond acceptors (Lipinski definition) is 4. The maximum absolute atomic E-state index is 13.5. The highest BCUT2D eigenvalue weighted by Gasteiger charge is 2.15. The van der Waals surface area contributed by atoms with Gasteiger partial charge in [0.2, 0.25) is 0 Å². The van der Waals surface area contributed by atoms with E-state index < -0.39 is 0 Å². The van der Waals surface area contributed by atoms with Crippen molar-refractivity contribution >= 4 is 11.7 Å². The van der Waals surface area contributed by atoms with Gasteiger partial charge in [0.15, 0.2) is 0 Å². The Bertz CT molecular complexity index is 470. The summed E-state index contributed by atoms with van der Waals surface area (Å²) in [5.74, 6) is -0.194. The minimum Gasteiger partial charge on any atom is -0.308 e. The van der Waals surface area contributed by atoms with Crippen LogP contribution >= 0.6 is 11.7 Å². The molecule has 0 fully saturated rings. The van der Waals surface area contributed by atoms with E-state index in [0.29, 0.717) is 5.56 Å². The number of aromatic nitrogens is 2. The molecule has 1 unspecified atom stereocenters. The SMILES string of the molecule is CNC(c1ccc(C)c(F)c1)c1cnsn1. The average molecular weight is 237 g/mol. The van der Waals surface area contributed by atoms with E-state index >= 15 is 0 Å². The van der Waals surface area contributed by atoms with Crippen molar-refractivity contribution in [3.8, 4) is 0 Å². The lowest BCUT2D eigenvalue weighted by molar-refractivity contribution is 0.606. The molecule has 0 aliphatic rings. The van der Waals surface area contributed by atoms with Crippen LogP contribution in [0.15, 0.2) is 24.4 Å². The molecule has 2 rings (SSSR count). The minimum absolute atomic E-state index is 0.103. The Balaban J connectivity index is 2.37. The monoisotopic (exact) mass is 237 g/mol. The molecule has 0 aliphatic carbocycles. The molecule has 0 spiro atoms. The zero-order chi connectivity index (χ0) is 11.5. The van der Waals surface area contributed by atoms with Gasteiger partial charge in [0.25, 0.3) is 0 Å². The van der Waals surface area contributed by atoms with Crippen LogP contribution in [0.4, 0.5) is 4.39 Å². The summed E-state index contributed by atoms with van der Waals surface area (Å²) in [5, 5.41) is 3.10. The second kappa shape index (κ2) is 4.67. The summed E-state index contributed by atoms with van der Waals surface area (Å²) in [4.78, 5) is 0. The van der Waals surface area contributed by atoms with Crippen LogP contribution < -0.4 is 5.32 Å². The smallest absolute Gasteiger partial charge is 0.126 e. The quantitative estimate of drug-likeness (QED) is 0.890. The number of aryl methyl sites for hydroxylation is 1. The molecule has 5 heteroatoms. The van der Waals surface area contributed by atoms with Gasteiger partial charge in [0.05, 0.1) is 29.7 Å².